The molecule has 0 unspecified atom stereocenters. The van der Waals surface area contributed by atoms with Crippen molar-refractivity contribution in [1.82, 2.24) is 9.88 Å². The Hall–Kier alpha value is -2.00. The van der Waals surface area contributed by atoms with Gasteiger partial charge in [0.1, 0.15) is 0 Å². The Labute approximate surface area is 194 Å². The first-order chi connectivity index (χ1) is 14.2. The Balaban J connectivity index is 0.00000341. The minimum absolute atomic E-state index is 0. The van der Waals surface area contributed by atoms with Crippen LogP contribution in [-0.2, 0) is 9.84 Å². The van der Waals surface area contributed by atoms with Gasteiger partial charge in [0.25, 0.3) is 5.91 Å². The summed E-state index contributed by atoms with van der Waals surface area (Å²) < 4.78 is 25.6. The predicted molar refractivity (Wildman–Crippen MR) is 131 cm³/mol. The van der Waals surface area contributed by atoms with Crippen molar-refractivity contribution in [3.05, 3.63) is 53.6 Å². The molecule has 2 aromatic carbocycles. The molecule has 1 aromatic heterocycles. The first kappa shape index (κ1) is 25.3. The highest BCUT2D eigenvalue weighted by Crippen LogP contribution is 2.31. The van der Waals surface area contributed by atoms with E-state index < -0.39 is 9.84 Å². The van der Waals surface area contributed by atoms with Crippen molar-refractivity contribution in [3.63, 3.8) is 0 Å². The Bertz CT molecular complexity index is 1160. The number of rotatable bonds is 8. The van der Waals surface area contributed by atoms with E-state index in [-0.39, 0.29) is 29.0 Å². The summed E-state index contributed by atoms with van der Waals surface area (Å²) in [7, 11) is 0.595. The quantitative estimate of drug-likeness (QED) is 0.476. The van der Waals surface area contributed by atoms with Crippen LogP contribution in [-0.4, -0.2) is 57.1 Å². The van der Waals surface area contributed by atoms with Gasteiger partial charge in [-0.2, -0.15) is 0 Å². The summed E-state index contributed by atoms with van der Waals surface area (Å²) in [6.07, 6.45) is 0.778. The lowest BCUT2D eigenvalue weighted by Crippen LogP contribution is -2.33. The van der Waals surface area contributed by atoms with Gasteiger partial charge in [-0.25, -0.2) is 13.4 Å². The van der Waals surface area contributed by atoms with Gasteiger partial charge in [0.15, 0.2) is 15.0 Å². The molecule has 0 saturated heterocycles. The number of amides is 1. The van der Waals surface area contributed by atoms with E-state index in [4.69, 9.17) is 4.98 Å². The maximum absolute atomic E-state index is 13.4. The Morgan fingerprint density at radius 3 is 2.45 bits per heavy atom. The molecule has 9 heteroatoms. The molecule has 0 atom stereocenters. The molecular weight excluding hydrogens is 454 g/mol. The second-order valence-corrected chi connectivity index (χ2v) is 10.8. The van der Waals surface area contributed by atoms with Gasteiger partial charge in [0.2, 0.25) is 0 Å². The van der Waals surface area contributed by atoms with E-state index in [2.05, 4.69) is 4.90 Å². The zero-order valence-corrected chi connectivity index (χ0v) is 20.6. The maximum Gasteiger partial charge on any atom is 0.260 e. The fraction of sp³-hybridized carbons (Fsp3) is 0.364. The van der Waals surface area contributed by atoms with Gasteiger partial charge in [-0.3, -0.25) is 9.69 Å². The molecule has 3 aromatic rings. The van der Waals surface area contributed by atoms with E-state index in [9.17, 15) is 13.2 Å². The topological polar surface area (TPSA) is 70.6 Å². The van der Waals surface area contributed by atoms with E-state index in [0.717, 1.165) is 28.7 Å². The Morgan fingerprint density at radius 1 is 1.10 bits per heavy atom. The minimum Gasteiger partial charge on any atom is -0.309 e. The highest BCUT2D eigenvalue weighted by Gasteiger charge is 2.23. The lowest BCUT2D eigenvalue weighted by atomic mass is 10.2. The number of hydrogen-bond donors (Lipinski definition) is 0. The largest absolute Gasteiger partial charge is 0.309 e. The van der Waals surface area contributed by atoms with Crippen LogP contribution in [0, 0.1) is 6.92 Å². The van der Waals surface area contributed by atoms with Crippen molar-refractivity contribution in [2.45, 2.75) is 25.2 Å². The molecule has 0 radical (unpaired) electrons. The van der Waals surface area contributed by atoms with E-state index in [1.807, 2.05) is 39.2 Å². The Morgan fingerprint density at radius 2 is 1.81 bits per heavy atom. The van der Waals surface area contributed by atoms with Crippen LogP contribution < -0.4 is 4.90 Å². The molecule has 0 saturated carbocycles. The summed E-state index contributed by atoms with van der Waals surface area (Å²) in [6.45, 7) is 4.93. The summed E-state index contributed by atoms with van der Waals surface area (Å²) in [4.78, 5) is 22.1. The van der Waals surface area contributed by atoms with Gasteiger partial charge in [0, 0.05) is 12.1 Å². The molecule has 3 rings (SSSR count). The van der Waals surface area contributed by atoms with Crippen LogP contribution in [0.15, 0.2) is 47.4 Å². The first-order valence-corrected chi connectivity index (χ1v) is 12.4. The lowest BCUT2D eigenvalue weighted by Gasteiger charge is -2.21. The van der Waals surface area contributed by atoms with Crippen LogP contribution >= 0.6 is 23.7 Å². The van der Waals surface area contributed by atoms with Gasteiger partial charge in [-0.15, -0.1) is 12.4 Å². The number of benzene rings is 2. The lowest BCUT2D eigenvalue weighted by molar-refractivity contribution is 0.0986. The fourth-order valence-electron chi connectivity index (χ4n) is 3.16. The van der Waals surface area contributed by atoms with Gasteiger partial charge in [-0.05, 0) is 63.8 Å². The Kier molecular flexibility index (Phi) is 8.59. The van der Waals surface area contributed by atoms with Gasteiger partial charge in [-0.1, -0.05) is 36.5 Å². The van der Waals surface area contributed by atoms with Crippen molar-refractivity contribution in [3.8, 4) is 0 Å². The van der Waals surface area contributed by atoms with Crippen molar-refractivity contribution in [2.75, 3.05) is 37.8 Å². The van der Waals surface area contributed by atoms with Gasteiger partial charge < -0.3 is 4.90 Å². The second kappa shape index (κ2) is 10.5. The van der Waals surface area contributed by atoms with Crippen LogP contribution in [0.1, 0.15) is 29.3 Å². The number of aromatic nitrogens is 1. The van der Waals surface area contributed by atoms with E-state index in [1.54, 1.807) is 24.0 Å². The number of anilines is 1. The maximum atomic E-state index is 13.4. The van der Waals surface area contributed by atoms with Crippen LogP contribution in [0.5, 0.6) is 0 Å². The number of halogens is 1. The number of thiazole rings is 1. The number of sulfone groups is 1. The van der Waals surface area contributed by atoms with Crippen molar-refractivity contribution in [1.29, 1.82) is 0 Å². The highest BCUT2D eigenvalue weighted by molar-refractivity contribution is 7.91. The van der Waals surface area contributed by atoms with Gasteiger partial charge >= 0.3 is 0 Å². The van der Waals surface area contributed by atoms with Crippen molar-refractivity contribution < 1.29 is 13.2 Å². The minimum atomic E-state index is -3.39. The average Bonchev–Trinajstić information content (AvgIpc) is 3.16. The predicted octanol–water partition coefficient (Wildman–Crippen LogP) is 4.42. The molecule has 31 heavy (non-hydrogen) atoms. The van der Waals surface area contributed by atoms with E-state index in [0.29, 0.717) is 17.2 Å². The number of para-hydroxylation sites is 1. The summed E-state index contributed by atoms with van der Waals surface area (Å²) in [5, 5.41) is 0.631. The molecule has 0 spiro atoms. The normalized spacial score (nSPS) is 11.5. The molecule has 1 heterocycles. The first-order valence-electron chi connectivity index (χ1n) is 9.88. The number of carbonyl (C=O) groups is 1. The van der Waals surface area contributed by atoms with Crippen LogP contribution in [0.2, 0.25) is 0 Å². The highest BCUT2D eigenvalue weighted by atomic mass is 35.5. The molecule has 6 nitrogen and oxygen atoms in total. The molecule has 0 aliphatic carbocycles. The third-order valence-corrected chi connectivity index (χ3v) is 7.67. The van der Waals surface area contributed by atoms with E-state index >= 15 is 0 Å². The number of hydrogen-bond acceptors (Lipinski definition) is 6. The summed E-state index contributed by atoms with van der Waals surface area (Å²) in [6, 6.07) is 12.3. The molecule has 0 aliphatic heterocycles. The number of fused-ring (bicyclic) bond motifs is 1. The molecule has 1 amide bonds. The number of carbonyl (C=O) groups excluding carboxylic acids is 1. The zero-order chi connectivity index (χ0) is 21.9. The molecular formula is C22H28ClN3O3S2. The second-order valence-electron chi connectivity index (χ2n) is 7.46. The van der Waals surface area contributed by atoms with Gasteiger partial charge in [0.05, 0.1) is 20.9 Å². The standard InChI is InChI=1S/C22H27N3O3S2.ClH/c1-5-30(27,28)18-11-7-10-17(15-18)21(26)25(14-8-13-24(3)4)22-23-20-16(2)9-6-12-19(20)29-22;/h6-7,9-12,15H,5,8,13-14H2,1-4H3;1H. The van der Waals surface area contributed by atoms with Crippen molar-refractivity contribution >= 4 is 54.8 Å². The van der Waals surface area contributed by atoms with Crippen LogP contribution in [0.4, 0.5) is 5.13 Å². The average molecular weight is 482 g/mol. The SMILES string of the molecule is CCS(=O)(=O)c1cccc(C(=O)N(CCCN(C)C)c2nc3c(C)cccc3s2)c1.Cl. The molecule has 0 aliphatic rings. The summed E-state index contributed by atoms with van der Waals surface area (Å²) in [5.74, 6) is -0.243. The molecule has 0 fully saturated rings. The third-order valence-electron chi connectivity index (χ3n) is 4.89. The van der Waals surface area contributed by atoms with E-state index in [1.165, 1.54) is 23.5 Å². The van der Waals surface area contributed by atoms with Crippen molar-refractivity contribution in [2.24, 2.45) is 0 Å². The smallest absolute Gasteiger partial charge is 0.260 e. The monoisotopic (exact) mass is 481 g/mol. The number of aryl methyl sites for hydroxylation is 1. The molecule has 0 bridgehead atoms. The zero-order valence-electron chi connectivity index (χ0n) is 18.2. The number of nitrogens with zero attached hydrogens (tertiary/aromatic N) is 3. The summed E-state index contributed by atoms with van der Waals surface area (Å²) in [5.41, 5.74) is 2.31. The van der Waals surface area contributed by atoms with Crippen LogP contribution in [0.3, 0.4) is 0 Å². The molecule has 0 N–H and O–H groups in total. The van der Waals surface area contributed by atoms with Crippen LogP contribution in [0.25, 0.3) is 10.2 Å². The third kappa shape index (κ3) is 5.83. The summed E-state index contributed by atoms with van der Waals surface area (Å²) >= 11 is 1.48. The fourth-order valence-corrected chi connectivity index (χ4v) is 5.16. The molecule has 168 valence electrons.